The molecule has 0 aliphatic carbocycles. The van der Waals surface area contributed by atoms with Crippen molar-refractivity contribution in [3.05, 3.63) is 53.3 Å². The number of rotatable bonds is 5. The van der Waals surface area contributed by atoms with Gasteiger partial charge in [-0.15, -0.1) is 0 Å². The zero-order valence-corrected chi connectivity index (χ0v) is 16.1. The molecule has 0 radical (unpaired) electrons. The average molecular weight is 400 g/mol. The van der Waals surface area contributed by atoms with E-state index in [-0.39, 0.29) is 11.8 Å². The zero-order valence-electron chi connectivity index (χ0n) is 15.4. The summed E-state index contributed by atoms with van der Waals surface area (Å²) in [4.78, 5) is 18.7. The van der Waals surface area contributed by atoms with Crippen LogP contribution in [0.1, 0.15) is 18.2 Å². The number of anilines is 1. The molecule has 8 heteroatoms. The van der Waals surface area contributed by atoms with Gasteiger partial charge in [-0.05, 0) is 30.3 Å². The van der Waals surface area contributed by atoms with Crippen LogP contribution in [0.2, 0.25) is 5.02 Å². The number of nitrogens with zero attached hydrogens (tertiary/aromatic N) is 3. The topological polar surface area (TPSA) is 77.7 Å². The zero-order chi connectivity index (χ0) is 19.7. The molecular weight excluding hydrogens is 382 g/mol. The summed E-state index contributed by atoms with van der Waals surface area (Å²) < 4.78 is 16.0. The molecule has 7 nitrogen and oxygen atoms in total. The predicted molar refractivity (Wildman–Crippen MR) is 104 cm³/mol. The minimum absolute atomic E-state index is 0.00803. The first-order chi connectivity index (χ1) is 13.6. The second kappa shape index (κ2) is 7.52. The summed E-state index contributed by atoms with van der Waals surface area (Å²) in [6.45, 7) is 0.461. The molecule has 0 bridgehead atoms. The number of amides is 1. The molecule has 4 rings (SSSR count). The third-order valence-electron chi connectivity index (χ3n) is 4.68. The fourth-order valence-electron chi connectivity index (χ4n) is 3.26. The lowest BCUT2D eigenvalue weighted by Gasteiger charge is -2.18. The number of halogens is 1. The Morgan fingerprint density at radius 2 is 1.96 bits per heavy atom. The molecule has 1 aromatic heterocycles. The van der Waals surface area contributed by atoms with Crippen molar-refractivity contribution in [2.45, 2.75) is 12.3 Å². The van der Waals surface area contributed by atoms with Gasteiger partial charge >= 0.3 is 0 Å². The van der Waals surface area contributed by atoms with Crippen LogP contribution in [-0.4, -0.2) is 36.8 Å². The smallest absolute Gasteiger partial charge is 0.257 e. The van der Waals surface area contributed by atoms with Gasteiger partial charge in [-0.3, -0.25) is 4.79 Å². The van der Waals surface area contributed by atoms with Gasteiger partial charge in [0.25, 0.3) is 5.89 Å². The van der Waals surface area contributed by atoms with E-state index in [9.17, 15) is 4.79 Å². The molecule has 1 amide bonds. The summed E-state index contributed by atoms with van der Waals surface area (Å²) >= 11 is 6.02. The van der Waals surface area contributed by atoms with Crippen molar-refractivity contribution >= 4 is 23.2 Å². The molecule has 1 unspecified atom stereocenters. The minimum atomic E-state index is -0.155. The van der Waals surface area contributed by atoms with E-state index in [1.165, 1.54) is 0 Å². The van der Waals surface area contributed by atoms with E-state index in [1.807, 2.05) is 18.2 Å². The van der Waals surface area contributed by atoms with E-state index in [2.05, 4.69) is 10.1 Å². The Hall–Kier alpha value is -3.06. The van der Waals surface area contributed by atoms with Crippen LogP contribution < -0.4 is 14.4 Å². The molecule has 2 aromatic carbocycles. The Balaban J connectivity index is 1.56. The molecule has 3 aromatic rings. The molecular formula is C20H18ClN3O4. The molecule has 0 saturated carbocycles. The first-order valence-corrected chi connectivity index (χ1v) is 9.08. The summed E-state index contributed by atoms with van der Waals surface area (Å²) in [5.41, 5.74) is 1.48. The molecule has 2 heterocycles. The van der Waals surface area contributed by atoms with Crippen LogP contribution in [0.3, 0.4) is 0 Å². The molecule has 0 spiro atoms. The van der Waals surface area contributed by atoms with Crippen LogP contribution in [0, 0.1) is 0 Å². The quantitative estimate of drug-likeness (QED) is 0.647. The van der Waals surface area contributed by atoms with Crippen molar-refractivity contribution < 1.29 is 18.8 Å². The average Bonchev–Trinajstić information content (AvgIpc) is 3.34. The largest absolute Gasteiger partial charge is 0.493 e. The molecule has 0 N–H and O–H groups in total. The fourth-order valence-corrected chi connectivity index (χ4v) is 3.45. The van der Waals surface area contributed by atoms with E-state index in [1.54, 1.807) is 43.4 Å². The van der Waals surface area contributed by atoms with Crippen LogP contribution in [0.15, 0.2) is 47.0 Å². The number of hydrogen-bond acceptors (Lipinski definition) is 6. The number of carbonyl (C=O) groups is 1. The lowest BCUT2D eigenvalue weighted by molar-refractivity contribution is -0.117. The maximum absolute atomic E-state index is 12.6. The van der Waals surface area contributed by atoms with Crippen LogP contribution in [-0.2, 0) is 4.79 Å². The fraction of sp³-hybridized carbons (Fsp3) is 0.250. The number of hydrogen-bond donors (Lipinski definition) is 0. The van der Waals surface area contributed by atoms with Gasteiger partial charge < -0.3 is 18.9 Å². The highest BCUT2D eigenvalue weighted by atomic mass is 35.5. The van der Waals surface area contributed by atoms with Crippen molar-refractivity contribution in [2.24, 2.45) is 0 Å². The van der Waals surface area contributed by atoms with E-state index in [4.69, 9.17) is 25.6 Å². The molecule has 1 atom stereocenters. The van der Waals surface area contributed by atoms with Gasteiger partial charge in [0.15, 0.2) is 17.3 Å². The van der Waals surface area contributed by atoms with Crippen molar-refractivity contribution in [1.82, 2.24) is 10.1 Å². The lowest BCUT2D eigenvalue weighted by atomic mass is 10.1. The number of aromatic nitrogens is 2. The van der Waals surface area contributed by atoms with Crippen LogP contribution in [0.5, 0.6) is 11.5 Å². The van der Waals surface area contributed by atoms with Gasteiger partial charge in [0.05, 0.1) is 14.2 Å². The molecule has 1 aliphatic rings. The molecule has 144 valence electrons. The summed E-state index contributed by atoms with van der Waals surface area (Å²) in [6.07, 6.45) is 0.308. The predicted octanol–water partition coefficient (Wildman–Crippen LogP) is 3.93. The first kappa shape index (κ1) is 18.3. The Morgan fingerprint density at radius 1 is 1.14 bits per heavy atom. The van der Waals surface area contributed by atoms with Gasteiger partial charge in [-0.2, -0.15) is 4.98 Å². The molecule has 28 heavy (non-hydrogen) atoms. The van der Waals surface area contributed by atoms with Crippen LogP contribution in [0.4, 0.5) is 5.69 Å². The Morgan fingerprint density at radius 3 is 2.71 bits per heavy atom. The summed E-state index contributed by atoms with van der Waals surface area (Å²) in [7, 11) is 3.13. The maximum atomic E-state index is 12.6. The van der Waals surface area contributed by atoms with Gasteiger partial charge in [0.1, 0.15) is 0 Å². The van der Waals surface area contributed by atoms with E-state index >= 15 is 0 Å². The number of carbonyl (C=O) groups excluding carboxylic acids is 1. The standard InChI is InChI=1S/C20H18ClN3O4/c1-26-16-7-6-15(10-17(16)27-2)24-11-13(9-18(24)25)19-22-20(28-23-19)12-4-3-5-14(21)8-12/h3-8,10,13H,9,11H2,1-2H3. The van der Waals surface area contributed by atoms with Crippen molar-refractivity contribution in [3.63, 3.8) is 0 Å². The van der Waals surface area contributed by atoms with E-state index in [0.29, 0.717) is 41.2 Å². The second-order valence-electron chi connectivity index (χ2n) is 6.41. The van der Waals surface area contributed by atoms with Crippen molar-refractivity contribution in [3.8, 4) is 23.0 Å². The summed E-state index contributed by atoms with van der Waals surface area (Å²) in [5.74, 6) is 1.90. The lowest BCUT2D eigenvalue weighted by Crippen LogP contribution is -2.24. The second-order valence-corrected chi connectivity index (χ2v) is 6.85. The van der Waals surface area contributed by atoms with Crippen LogP contribution in [0.25, 0.3) is 11.5 Å². The number of methoxy groups -OCH3 is 2. The number of benzene rings is 2. The number of ether oxygens (including phenoxy) is 2. The van der Waals surface area contributed by atoms with Crippen molar-refractivity contribution in [1.29, 1.82) is 0 Å². The first-order valence-electron chi connectivity index (χ1n) is 8.71. The molecule has 1 fully saturated rings. The third-order valence-corrected chi connectivity index (χ3v) is 4.92. The SMILES string of the molecule is COc1ccc(N2CC(c3noc(-c4cccc(Cl)c4)n3)CC2=O)cc1OC. The Bertz CT molecular complexity index is 1020. The highest BCUT2D eigenvalue weighted by Gasteiger charge is 2.35. The highest BCUT2D eigenvalue weighted by Crippen LogP contribution is 2.36. The summed E-state index contributed by atoms with van der Waals surface area (Å²) in [6, 6.07) is 12.6. The molecule has 1 aliphatic heterocycles. The van der Waals surface area contributed by atoms with Crippen LogP contribution >= 0.6 is 11.6 Å². The van der Waals surface area contributed by atoms with Gasteiger partial charge in [0, 0.05) is 41.2 Å². The van der Waals surface area contributed by atoms with E-state index in [0.717, 1.165) is 11.3 Å². The Labute approximate surface area is 166 Å². The normalized spacial score (nSPS) is 16.5. The Kier molecular flexibility index (Phi) is 4.92. The van der Waals surface area contributed by atoms with E-state index < -0.39 is 0 Å². The minimum Gasteiger partial charge on any atom is -0.493 e. The third kappa shape index (κ3) is 3.41. The summed E-state index contributed by atoms with van der Waals surface area (Å²) in [5, 5.41) is 4.67. The van der Waals surface area contributed by atoms with Gasteiger partial charge in [-0.25, -0.2) is 0 Å². The van der Waals surface area contributed by atoms with Gasteiger partial charge in [0.2, 0.25) is 5.91 Å². The van der Waals surface area contributed by atoms with Crippen molar-refractivity contribution in [2.75, 3.05) is 25.7 Å². The van der Waals surface area contributed by atoms with Gasteiger partial charge in [-0.1, -0.05) is 22.8 Å². The highest BCUT2D eigenvalue weighted by molar-refractivity contribution is 6.30. The maximum Gasteiger partial charge on any atom is 0.257 e. The molecule has 1 saturated heterocycles. The monoisotopic (exact) mass is 399 g/mol.